The van der Waals surface area contributed by atoms with Crippen molar-refractivity contribution in [2.75, 3.05) is 13.2 Å². The lowest BCUT2D eigenvalue weighted by Crippen LogP contribution is -2.48. The minimum absolute atomic E-state index is 0.0195. The Morgan fingerprint density at radius 1 is 1.31 bits per heavy atom. The third kappa shape index (κ3) is 5.64. The molecule has 3 rings (SSSR count). The van der Waals surface area contributed by atoms with Gasteiger partial charge in [0.05, 0.1) is 37.5 Å². The van der Waals surface area contributed by atoms with Crippen molar-refractivity contribution in [3.8, 4) is 5.75 Å². The van der Waals surface area contributed by atoms with Crippen molar-refractivity contribution in [1.29, 1.82) is 0 Å². The molecule has 2 aromatic rings. The number of ketones is 1. The van der Waals surface area contributed by atoms with E-state index in [9.17, 15) is 28.3 Å². The zero-order valence-electron chi connectivity index (χ0n) is 20.7. The second kappa shape index (κ2) is 11.0. The zero-order chi connectivity index (χ0) is 26.6. The highest BCUT2D eigenvalue weighted by atomic mass is 19.1. The Bertz CT molecular complexity index is 1250. The van der Waals surface area contributed by atoms with E-state index in [1.807, 2.05) is 13.8 Å². The van der Waals surface area contributed by atoms with E-state index in [-0.39, 0.29) is 24.3 Å². The van der Waals surface area contributed by atoms with Crippen LogP contribution in [0.5, 0.6) is 5.75 Å². The fourth-order valence-corrected chi connectivity index (χ4v) is 3.90. The molecule has 8 nitrogen and oxygen atoms in total. The fraction of sp³-hybridized carbons (Fsp3) is 0.423. The van der Waals surface area contributed by atoms with Crippen molar-refractivity contribution in [2.24, 2.45) is 5.41 Å². The molecule has 36 heavy (non-hydrogen) atoms. The maximum absolute atomic E-state index is 13.9. The van der Waals surface area contributed by atoms with Gasteiger partial charge in [-0.3, -0.25) is 14.4 Å². The van der Waals surface area contributed by atoms with Crippen LogP contribution < -0.4 is 10.7 Å². The van der Waals surface area contributed by atoms with Crippen LogP contribution in [-0.4, -0.2) is 40.7 Å². The Balaban J connectivity index is 1.82. The zero-order valence-corrected chi connectivity index (χ0v) is 20.7. The van der Waals surface area contributed by atoms with Crippen LogP contribution in [0.25, 0.3) is 0 Å². The van der Waals surface area contributed by atoms with Crippen molar-refractivity contribution in [3.05, 3.63) is 74.9 Å². The summed E-state index contributed by atoms with van der Waals surface area (Å²) in [5.41, 5.74) is -1.68. The Morgan fingerprint density at radius 3 is 2.69 bits per heavy atom. The number of halogens is 2. The van der Waals surface area contributed by atoms with Gasteiger partial charge in [0.15, 0.2) is 11.5 Å². The lowest BCUT2D eigenvalue weighted by atomic mass is 9.77. The highest BCUT2D eigenvalue weighted by Gasteiger charge is 2.45. The summed E-state index contributed by atoms with van der Waals surface area (Å²) < 4.78 is 39.6. The number of aromatic nitrogens is 1. The largest absolute Gasteiger partial charge is 0.503 e. The first kappa shape index (κ1) is 27.1. The van der Waals surface area contributed by atoms with Crippen LogP contribution in [0.3, 0.4) is 0 Å². The van der Waals surface area contributed by atoms with Gasteiger partial charge in [0, 0.05) is 24.4 Å². The summed E-state index contributed by atoms with van der Waals surface area (Å²) in [6.07, 6.45) is 2.83. The van der Waals surface area contributed by atoms with Crippen LogP contribution in [0.4, 0.5) is 8.78 Å². The second-order valence-electron chi connectivity index (χ2n) is 9.22. The second-order valence-corrected chi connectivity index (χ2v) is 9.22. The maximum Gasteiger partial charge on any atom is 0.257 e. The SMILES string of the molecule is CCO/C=C(/C)CCOC1Cn2cc(C(=O)NCc3ccc(F)cc3F)c(=O)c(O)c2C(=O)C1(C)C. The van der Waals surface area contributed by atoms with Gasteiger partial charge in [0.25, 0.3) is 5.91 Å². The van der Waals surface area contributed by atoms with E-state index < -0.39 is 51.6 Å². The molecule has 1 aromatic carbocycles. The molecule has 1 unspecified atom stereocenters. The molecule has 10 heteroatoms. The van der Waals surface area contributed by atoms with Gasteiger partial charge in [-0.1, -0.05) is 6.07 Å². The van der Waals surface area contributed by atoms with Gasteiger partial charge in [-0.15, -0.1) is 0 Å². The number of aromatic hydroxyl groups is 1. The molecule has 0 aliphatic carbocycles. The standard InChI is InChI=1S/C26H30F2N2O6/c1-5-35-14-15(2)8-9-36-20-13-30-12-18(22(31)23(32)21(30)24(33)26(20,3)4)25(34)29-11-16-6-7-17(27)10-19(16)28/h6-7,10,12,14,20,32H,5,8-9,11,13H2,1-4H3,(H,29,34)/b15-14-. The number of pyridine rings is 1. The summed E-state index contributed by atoms with van der Waals surface area (Å²) >= 11 is 0. The molecule has 0 spiro atoms. The minimum atomic E-state index is -1.04. The van der Waals surface area contributed by atoms with E-state index in [2.05, 4.69) is 5.32 Å². The van der Waals surface area contributed by atoms with E-state index in [1.54, 1.807) is 20.1 Å². The number of carbonyl (C=O) groups is 2. The summed E-state index contributed by atoms with van der Waals surface area (Å²) in [6.45, 7) is 7.80. The average molecular weight is 505 g/mol. The molecule has 2 N–H and O–H groups in total. The minimum Gasteiger partial charge on any atom is -0.503 e. The molecule has 1 amide bonds. The normalized spacial score (nSPS) is 17.0. The molecule has 194 valence electrons. The van der Waals surface area contributed by atoms with Crippen molar-refractivity contribution in [1.82, 2.24) is 9.88 Å². The Labute approximate surface area is 207 Å². The quantitative estimate of drug-likeness (QED) is 0.505. The number of hydrogen-bond donors (Lipinski definition) is 2. The van der Waals surface area contributed by atoms with Gasteiger partial charge < -0.3 is 24.5 Å². The number of nitrogens with zero attached hydrogens (tertiary/aromatic N) is 1. The average Bonchev–Trinajstić information content (AvgIpc) is 2.82. The molecule has 1 aliphatic rings. The first-order valence-corrected chi connectivity index (χ1v) is 11.6. The number of fused-ring (bicyclic) bond motifs is 1. The molecule has 0 saturated heterocycles. The number of ether oxygens (including phenoxy) is 2. The van der Waals surface area contributed by atoms with E-state index in [0.29, 0.717) is 25.7 Å². The molecule has 2 heterocycles. The summed E-state index contributed by atoms with van der Waals surface area (Å²) in [6, 6.07) is 2.91. The first-order chi connectivity index (χ1) is 17.0. The Morgan fingerprint density at radius 2 is 2.03 bits per heavy atom. The van der Waals surface area contributed by atoms with E-state index in [1.165, 1.54) is 16.8 Å². The van der Waals surface area contributed by atoms with Gasteiger partial charge >= 0.3 is 0 Å². The van der Waals surface area contributed by atoms with Crippen molar-refractivity contribution < 1.29 is 33.0 Å². The van der Waals surface area contributed by atoms with Gasteiger partial charge in [-0.05, 0) is 45.8 Å². The molecule has 0 saturated carbocycles. The Kier molecular flexibility index (Phi) is 8.29. The number of carbonyl (C=O) groups excluding carboxylic acids is 2. The number of Topliss-reactive ketones (excluding diaryl/α,β-unsaturated/α-hetero) is 1. The number of amides is 1. The lowest BCUT2D eigenvalue weighted by Gasteiger charge is -2.39. The van der Waals surface area contributed by atoms with Gasteiger partial charge in [-0.25, -0.2) is 8.78 Å². The van der Waals surface area contributed by atoms with Crippen LogP contribution in [0.1, 0.15) is 60.5 Å². The van der Waals surface area contributed by atoms with Gasteiger partial charge in [-0.2, -0.15) is 0 Å². The maximum atomic E-state index is 13.9. The molecule has 0 bridgehead atoms. The van der Waals surface area contributed by atoms with Crippen molar-refractivity contribution >= 4 is 11.7 Å². The summed E-state index contributed by atoms with van der Waals surface area (Å²) in [7, 11) is 0. The Hall–Kier alpha value is -3.53. The smallest absolute Gasteiger partial charge is 0.257 e. The van der Waals surface area contributed by atoms with Crippen LogP contribution >= 0.6 is 0 Å². The molecular weight excluding hydrogens is 474 g/mol. The highest BCUT2D eigenvalue weighted by molar-refractivity contribution is 6.03. The van der Waals surface area contributed by atoms with E-state index >= 15 is 0 Å². The molecule has 1 atom stereocenters. The monoisotopic (exact) mass is 504 g/mol. The summed E-state index contributed by atoms with van der Waals surface area (Å²) in [5, 5.41) is 12.9. The summed E-state index contributed by atoms with van der Waals surface area (Å²) in [4.78, 5) is 38.7. The molecule has 1 aromatic heterocycles. The predicted molar refractivity (Wildman–Crippen MR) is 128 cm³/mol. The number of hydrogen-bond acceptors (Lipinski definition) is 6. The third-order valence-electron chi connectivity index (χ3n) is 6.19. The number of nitrogens with one attached hydrogen (secondary N) is 1. The van der Waals surface area contributed by atoms with Crippen molar-refractivity contribution in [2.45, 2.75) is 53.3 Å². The third-order valence-corrected chi connectivity index (χ3v) is 6.19. The highest BCUT2D eigenvalue weighted by Crippen LogP contribution is 2.36. The molecular formula is C26H30F2N2O6. The molecule has 0 fully saturated rings. The first-order valence-electron chi connectivity index (χ1n) is 11.6. The topological polar surface area (TPSA) is 107 Å². The number of benzene rings is 1. The van der Waals surface area contributed by atoms with Crippen LogP contribution in [0.2, 0.25) is 0 Å². The summed E-state index contributed by atoms with van der Waals surface area (Å²) in [5.74, 6) is -3.80. The fourth-order valence-electron chi connectivity index (χ4n) is 3.90. The van der Waals surface area contributed by atoms with Gasteiger partial charge in [0.1, 0.15) is 22.9 Å². The lowest BCUT2D eigenvalue weighted by molar-refractivity contribution is -0.0319. The van der Waals surface area contributed by atoms with E-state index in [0.717, 1.165) is 11.6 Å². The van der Waals surface area contributed by atoms with Crippen LogP contribution in [-0.2, 0) is 22.6 Å². The van der Waals surface area contributed by atoms with E-state index in [4.69, 9.17) is 9.47 Å². The number of rotatable bonds is 9. The molecule has 1 aliphatic heterocycles. The van der Waals surface area contributed by atoms with Gasteiger partial charge in [0.2, 0.25) is 5.43 Å². The van der Waals surface area contributed by atoms with Crippen LogP contribution in [0.15, 0.2) is 41.0 Å². The van der Waals surface area contributed by atoms with Crippen molar-refractivity contribution in [3.63, 3.8) is 0 Å². The predicted octanol–water partition coefficient (Wildman–Crippen LogP) is 3.70. The van der Waals surface area contributed by atoms with Crippen LogP contribution in [0, 0.1) is 17.0 Å². The molecule has 0 radical (unpaired) electrons.